The molecule has 1 aromatic carbocycles. The van der Waals surface area contributed by atoms with Gasteiger partial charge in [0, 0.05) is 12.4 Å². The maximum atomic E-state index is 12.2. The summed E-state index contributed by atoms with van der Waals surface area (Å²) >= 11 is 0. The van der Waals surface area contributed by atoms with Crippen LogP contribution in [0.2, 0.25) is 0 Å². The number of carbonyl (C=O) groups is 1. The number of hydrogen-bond donors (Lipinski definition) is 2. The maximum Gasteiger partial charge on any atom is 0.358 e. The van der Waals surface area contributed by atoms with Crippen molar-refractivity contribution in [1.29, 1.82) is 0 Å². The lowest BCUT2D eigenvalue weighted by Crippen LogP contribution is -2.17. The number of aromatic carboxylic acids is 1. The van der Waals surface area contributed by atoms with Crippen molar-refractivity contribution in [3.63, 3.8) is 0 Å². The molecule has 0 saturated heterocycles. The van der Waals surface area contributed by atoms with Gasteiger partial charge in [-0.15, -0.1) is 0 Å². The van der Waals surface area contributed by atoms with Crippen molar-refractivity contribution < 1.29 is 18.3 Å². The Morgan fingerprint density at radius 2 is 1.95 bits per heavy atom. The van der Waals surface area contributed by atoms with Crippen LogP contribution in [0.4, 0.5) is 5.82 Å². The van der Waals surface area contributed by atoms with E-state index < -0.39 is 21.7 Å². The van der Waals surface area contributed by atoms with Crippen LogP contribution in [0.15, 0.2) is 41.6 Å². The second-order valence-corrected chi connectivity index (χ2v) is 5.66. The molecule has 104 valence electrons. The lowest BCUT2D eigenvalue weighted by Gasteiger charge is -2.09. The van der Waals surface area contributed by atoms with E-state index in [1.54, 1.807) is 19.1 Å². The molecule has 0 amide bonds. The van der Waals surface area contributed by atoms with Crippen LogP contribution in [0.3, 0.4) is 0 Å². The summed E-state index contributed by atoms with van der Waals surface area (Å²) in [4.78, 5) is 18.3. The topological polar surface area (TPSA) is 109 Å². The van der Waals surface area contributed by atoms with Gasteiger partial charge in [0.2, 0.25) is 0 Å². The van der Waals surface area contributed by atoms with Gasteiger partial charge in [-0.3, -0.25) is 4.72 Å². The van der Waals surface area contributed by atoms with Gasteiger partial charge in [0.05, 0.1) is 4.90 Å². The van der Waals surface area contributed by atoms with E-state index in [1.807, 2.05) is 0 Å². The first kappa shape index (κ1) is 13.9. The van der Waals surface area contributed by atoms with Crippen molar-refractivity contribution in [2.45, 2.75) is 11.8 Å². The number of carboxylic acids is 1. The number of benzene rings is 1. The molecule has 0 atom stereocenters. The van der Waals surface area contributed by atoms with E-state index in [1.165, 1.54) is 24.5 Å². The largest absolute Gasteiger partial charge is 0.476 e. The number of rotatable bonds is 4. The minimum atomic E-state index is -3.91. The van der Waals surface area contributed by atoms with Gasteiger partial charge in [-0.05, 0) is 24.6 Å². The van der Waals surface area contributed by atoms with Crippen molar-refractivity contribution in [1.82, 2.24) is 9.97 Å². The summed E-state index contributed by atoms with van der Waals surface area (Å²) in [7, 11) is -3.91. The van der Waals surface area contributed by atoms with Crippen molar-refractivity contribution >= 4 is 21.8 Å². The van der Waals surface area contributed by atoms with Crippen LogP contribution in [-0.4, -0.2) is 29.5 Å². The first-order valence-corrected chi connectivity index (χ1v) is 7.02. The highest BCUT2D eigenvalue weighted by atomic mass is 32.2. The summed E-state index contributed by atoms with van der Waals surface area (Å²) < 4.78 is 26.4. The van der Waals surface area contributed by atoms with Gasteiger partial charge in [-0.2, -0.15) is 0 Å². The van der Waals surface area contributed by atoms with Crippen LogP contribution in [0.1, 0.15) is 16.1 Å². The molecule has 0 spiro atoms. The second-order valence-electron chi connectivity index (χ2n) is 3.98. The van der Waals surface area contributed by atoms with E-state index in [0.29, 0.717) is 0 Å². The van der Waals surface area contributed by atoms with Gasteiger partial charge < -0.3 is 5.11 Å². The number of hydrogen-bond acceptors (Lipinski definition) is 5. The molecule has 2 rings (SSSR count). The van der Waals surface area contributed by atoms with Gasteiger partial charge >= 0.3 is 5.97 Å². The number of carboxylic acid groups (broad SMARTS) is 1. The van der Waals surface area contributed by atoms with Crippen molar-refractivity contribution in [3.05, 3.63) is 47.9 Å². The fourth-order valence-electron chi connectivity index (χ4n) is 1.54. The molecule has 1 heterocycles. The van der Waals surface area contributed by atoms with E-state index in [0.717, 1.165) is 5.56 Å². The normalized spacial score (nSPS) is 11.1. The lowest BCUT2D eigenvalue weighted by molar-refractivity contribution is 0.0691. The summed E-state index contributed by atoms with van der Waals surface area (Å²) in [6, 6.07) is 6.23. The zero-order chi connectivity index (χ0) is 14.8. The highest BCUT2D eigenvalue weighted by Gasteiger charge is 2.20. The monoisotopic (exact) mass is 293 g/mol. The van der Waals surface area contributed by atoms with Crippen LogP contribution in [0.25, 0.3) is 0 Å². The predicted octanol–water partition coefficient (Wildman–Crippen LogP) is 1.28. The molecular weight excluding hydrogens is 282 g/mol. The minimum absolute atomic E-state index is 0.0273. The summed E-state index contributed by atoms with van der Waals surface area (Å²) in [5, 5.41) is 8.94. The predicted molar refractivity (Wildman–Crippen MR) is 71.0 cm³/mol. The van der Waals surface area contributed by atoms with E-state index in [2.05, 4.69) is 14.7 Å². The van der Waals surface area contributed by atoms with Crippen molar-refractivity contribution in [2.24, 2.45) is 0 Å². The first-order valence-electron chi connectivity index (χ1n) is 5.54. The molecular formula is C12H11N3O4S. The average molecular weight is 293 g/mol. The zero-order valence-electron chi connectivity index (χ0n) is 10.4. The number of aromatic nitrogens is 2. The first-order chi connectivity index (χ1) is 9.40. The van der Waals surface area contributed by atoms with E-state index in [-0.39, 0.29) is 10.7 Å². The van der Waals surface area contributed by atoms with E-state index in [4.69, 9.17) is 5.11 Å². The van der Waals surface area contributed by atoms with Gasteiger partial charge in [0.25, 0.3) is 10.0 Å². The van der Waals surface area contributed by atoms with Gasteiger partial charge in [-0.1, -0.05) is 12.1 Å². The molecule has 2 N–H and O–H groups in total. The molecule has 2 aromatic rings. The number of nitrogens with zero attached hydrogens (tertiary/aromatic N) is 2. The highest BCUT2D eigenvalue weighted by molar-refractivity contribution is 7.92. The van der Waals surface area contributed by atoms with Crippen LogP contribution >= 0.6 is 0 Å². The Labute approximate surface area is 115 Å². The Morgan fingerprint density at radius 1 is 1.25 bits per heavy atom. The molecule has 1 aromatic heterocycles. The highest BCUT2D eigenvalue weighted by Crippen LogP contribution is 2.17. The quantitative estimate of drug-likeness (QED) is 0.879. The molecule has 0 aliphatic rings. The maximum absolute atomic E-state index is 12.2. The van der Waals surface area contributed by atoms with Crippen LogP contribution in [-0.2, 0) is 10.0 Å². The van der Waals surface area contributed by atoms with E-state index in [9.17, 15) is 13.2 Å². The standard InChI is InChI=1S/C12H11N3O4S/c1-8-3-2-4-9(7-8)20(18,19)15-11-10(12(16)17)13-5-6-14-11/h2-7H,1H3,(H,14,15)(H,16,17). The molecule has 0 aliphatic carbocycles. The third-order valence-corrected chi connectivity index (χ3v) is 3.77. The molecule has 7 nitrogen and oxygen atoms in total. The summed E-state index contributed by atoms with van der Waals surface area (Å²) in [5.41, 5.74) is 0.314. The molecule has 20 heavy (non-hydrogen) atoms. The molecule has 0 fully saturated rings. The molecule has 0 radical (unpaired) electrons. The Kier molecular flexibility index (Phi) is 3.66. The zero-order valence-corrected chi connectivity index (χ0v) is 11.3. The number of nitrogens with one attached hydrogen (secondary N) is 1. The molecule has 0 saturated carbocycles. The van der Waals surface area contributed by atoms with Crippen LogP contribution in [0, 0.1) is 6.92 Å². The minimum Gasteiger partial charge on any atom is -0.476 e. The summed E-state index contributed by atoms with van der Waals surface area (Å²) in [6.45, 7) is 1.75. The van der Waals surface area contributed by atoms with Gasteiger partial charge in [0.15, 0.2) is 11.5 Å². The van der Waals surface area contributed by atoms with Crippen molar-refractivity contribution in [3.8, 4) is 0 Å². The average Bonchev–Trinajstić information content (AvgIpc) is 2.38. The number of sulfonamides is 1. The molecule has 0 aliphatic heterocycles. The Hall–Kier alpha value is -2.48. The van der Waals surface area contributed by atoms with Crippen LogP contribution < -0.4 is 4.72 Å². The Morgan fingerprint density at radius 3 is 2.60 bits per heavy atom. The van der Waals surface area contributed by atoms with Gasteiger partial charge in [-0.25, -0.2) is 23.2 Å². The smallest absolute Gasteiger partial charge is 0.358 e. The molecule has 0 unspecified atom stereocenters. The van der Waals surface area contributed by atoms with Crippen molar-refractivity contribution in [2.75, 3.05) is 4.72 Å². The Bertz CT molecular complexity index is 759. The summed E-state index contributed by atoms with van der Waals surface area (Å²) in [6.07, 6.45) is 2.38. The Balaban J connectivity index is 2.41. The third kappa shape index (κ3) is 2.91. The fraction of sp³-hybridized carbons (Fsp3) is 0.0833. The summed E-state index contributed by atoms with van der Waals surface area (Å²) in [5.74, 6) is -1.68. The lowest BCUT2D eigenvalue weighted by atomic mass is 10.2. The second kappa shape index (κ2) is 5.25. The van der Waals surface area contributed by atoms with E-state index >= 15 is 0 Å². The van der Waals surface area contributed by atoms with Crippen LogP contribution in [0.5, 0.6) is 0 Å². The molecule has 8 heteroatoms. The molecule has 0 bridgehead atoms. The van der Waals surface area contributed by atoms with Gasteiger partial charge in [0.1, 0.15) is 0 Å². The fourth-order valence-corrected chi connectivity index (χ4v) is 2.66. The number of anilines is 1. The third-order valence-electron chi connectivity index (χ3n) is 2.43. The number of aryl methyl sites for hydroxylation is 1. The SMILES string of the molecule is Cc1cccc(S(=O)(=O)Nc2nccnc2C(=O)O)c1.